The van der Waals surface area contributed by atoms with E-state index in [0.29, 0.717) is 22.7 Å². The molecule has 2 aromatic rings. The SMILES string of the molecule is CCOc1ccccc1Nc1cc(Cl)nc(SC)n1. The van der Waals surface area contributed by atoms with Gasteiger partial charge in [-0.15, -0.1) is 0 Å². The quantitative estimate of drug-likeness (QED) is 0.513. The van der Waals surface area contributed by atoms with Crippen LogP contribution < -0.4 is 10.1 Å². The predicted octanol–water partition coefficient (Wildman–Crippen LogP) is 3.99. The fourth-order valence-electron chi connectivity index (χ4n) is 1.54. The van der Waals surface area contributed by atoms with Gasteiger partial charge in [-0.2, -0.15) is 0 Å². The van der Waals surface area contributed by atoms with E-state index in [2.05, 4.69) is 15.3 Å². The van der Waals surface area contributed by atoms with E-state index in [1.165, 1.54) is 11.8 Å². The predicted molar refractivity (Wildman–Crippen MR) is 79.7 cm³/mol. The van der Waals surface area contributed by atoms with Gasteiger partial charge >= 0.3 is 0 Å². The van der Waals surface area contributed by atoms with Crippen molar-refractivity contribution in [1.82, 2.24) is 9.97 Å². The second kappa shape index (κ2) is 6.63. The molecule has 0 radical (unpaired) electrons. The van der Waals surface area contributed by atoms with Crippen LogP contribution in [0.2, 0.25) is 5.15 Å². The van der Waals surface area contributed by atoms with Crippen LogP contribution in [-0.2, 0) is 0 Å². The van der Waals surface area contributed by atoms with Crippen LogP contribution in [0, 0.1) is 0 Å². The number of rotatable bonds is 5. The van der Waals surface area contributed by atoms with Crippen molar-refractivity contribution in [1.29, 1.82) is 0 Å². The molecule has 0 bridgehead atoms. The number of thioether (sulfide) groups is 1. The molecule has 0 spiro atoms. The topological polar surface area (TPSA) is 47.0 Å². The standard InChI is InChI=1S/C13H14ClN3OS/c1-3-18-10-7-5-4-6-9(10)15-12-8-11(14)16-13(17-12)19-2/h4-8H,3H2,1-2H3,(H,15,16,17). The molecule has 1 aromatic carbocycles. The molecule has 1 heterocycles. The first-order valence-electron chi connectivity index (χ1n) is 5.80. The van der Waals surface area contributed by atoms with Crippen molar-refractivity contribution in [3.63, 3.8) is 0 Å². The molecule has 0 fully saturated rings. The maximum absolute atomic E-state index is 5.96. The molecule has 6 heteroatoms. The van der Waals surface area contributed by atoms with E-state index in [1.807, 2.05) is 37.4 Å². The minimum absolute atomic E-state index is 0.413. The largest absolute Gasteiger partial charge is 0.492 e. The Bertz CT molecular complexity index is 565. The highest BCUT2D eigenvalue weighted by Gasteiger charge is 2.06. The highest BCUT2D eigenvalue weighted by atomic mass is 35.5. The van der Waals surface area contributed by atoms with Gasteiger partial charge in [0.1, 0.15) is 16.7 Å². The third-order valence-electron chi connectivity index (χ3n) is 2.31. The Morgan fingerprint density at radius 2 is 2.11 bits per heavy atom. The van der Waals surface area contributed by atoms with Crippen LogP contribution in [0.3, 0.4) is 0 Å². The maximum atomic E-state index is 5.96. The van der Waals surface area contributed by atoms with E-state index in [1.54, 1.807) is 6.07 Å². The molecular weight excluding hydrogens is 282 g/mol. The molecule has 0 saturated carbocycles. The normalized spacial score (nSPS) is 10.3. The Hall–Kier alpha value is -1.46. The second-order valence-corrected chi connectivity index (χ2v) is 4.78. The molecule has 0 aliphatic carbocycles. The summed E-state index contributed by atoms with van der Waals surface area (Å²) in [7, 11) is 0. The van der Waals surface area contributed by atoms with Gasteiger partial charge in [-0.1, -0.05) is 35.5 Å². The summed E-state index contributed by atoms with van der Waals surface area (Å²) in [5.41, 5.74) is 0.853. The van der Waals surface area contributed by atoms with E-state index >= 15 is 0 Å². The number of nitrogens with one attached hydrogen (secondary N) is 1. The van der Waals surface area contributed by atoms with Gasteiger partial charge in [0.2, 0.25) is 0 Å². The van der Waals surface area contributed by atoms with Crippen LogP contribution in [0.5, 0.6) is 5.75 Å². The van der Waals surface area contributed by atoms with E-state index in [0.717, 1.165) is 11.4 Å². The van der Waals surface area contributed by atoms with Gasteiger partial charge in [0.05, 0.1) is 12.3 Å². The number of benzene rings is 1. The van der Waals surface area contributed by atoms with Gasteiger partial charge in [-0.3, -0.25) is 0 Å². The zero-order valence-corrected chi connectivity index (χ0v) is 12.3. The van der Waals surface area contributed by atoms with Crippen LogP contribution in [0.25, 0.3) is 0 Å². The number of anilines is 2. The fourth-order valence-corrected chi connectivity index (χ4v) is 2.15. The van der Waals surface area contributed by atoms with Crippen molar-refractivity contribution >= 4 is 34.9 Å². The Kier molecular flexibility index (Phi) is 4.87. The maximum Gasteiger partial charge on any atom is 0.190 e. The van der Waals surface area contributed by atoms with Crippen LogP contribution in [0.4, 0.5) is 11.5 Å². The highest BCUT2D eigenvalue weighted by Crippen LogP contribution is 2.28. The molecule has 1 aromatic heterocycles. The summed E-state index contributed by atoms with van der Waals surface area (Å²) in [6.07, 6.45) is 1.91. The molecule has 100 valence electrons. The van der Waals surface area contributed by atoms with Gasteiger partial charge < -0.3 is 10.1 Å². The van der Waals surface area contributed by atoms with E-state index in [4.69, 9.17) is 16.3 Å². The Balaban J connectivity index is 2.28. The first-order valence-corrected chi connectivity index (χ1v) is 7.40. The third-order valence-corrected chi connectivity index (χ3v) is 3.05. The van der Waals surface area contributed by atoms with Gasteiger partial charge in [0, 0.05) is 6.07 Å². The summed E-state index contributed by atoms with van der Waals surface area (Å²) in [5.74, 6) is 1.43. The highest BCUT2D eigenvalue weighted by molar-refractivity contribution is 7.98. The molecule has 0 unspecified atom stereocenters. The van der Waals surface area contributed by atoms with Gasteiger partial charge in [0.25, 0.3) is 0 Å². The Morgan fingerprint density at radius 1 is 1.32 bits per heavy atom. The molecule has 0 aliphatic heterocycles. The molecule has 0 aliphatic rings. The lowest BCUT2D eigenvalue weighted by atomic mass is 10.3. The first kappa shape index (κ1) is 14.0. The molecule has 0 atom stereocenters. The lowest BCUT2D eigenvalue weighted by Crippen LogP contribution is -2.00. The molecule has 1 N–H and O–H groups in total. The van der Waals surface area contributed by atoms with Crippen LogP contribution in [-0.4, -0.2) is 22.8 Å². The third kappa shape index (κ3) is 3.75. The van der Waals surface area contributed by atoms with E-state index < -0.39 is 0 Å². The van der Waals surface area contributed by atoms with Crippen LogP contribution >= 0.6 is 23.4 Å². The monoisotopic (exact) mass is 295 g/mol. The number of para-hydroxylation sites is 2. The van der Waals surface area contributed by atoms with Crippen molar-refractivity contribution in [3.8, 4) is 5.75 Å². The first-order chi connectivity index (χ1) is 9.22. The van der Waals surface area contributed by atoms with Crippen LogP contribution in [0.1, 0.15) is 6.92 Å². The summed E-state index contributed by atoms with van der Waals surface area (Å²) in [5, 5.41) is 4.24. The van der Waals surface area contributed by atoms with Gasteiger partial charge in [-0.05, 0) is 25.3 Å². The average molecular weight is 296 g/mol. The van der Waals surface area contributed by atoms with Gasteiger partial charge in [-0.25, -0.2) is 9.97 Å². The Labute approximate surface area is 121 Å². The number of aromatic nitrogens is 2. The van der Waals surface area contributed by atoms with E-state index in [-0.39, 0.29) is 0 Å². The van der Waals surface area contributed by atoms with Crippen molar-refractivity contribution in [2.75, 3.05) is 18.2 Å². The molecular formula is C13H14ClN3OS. The molecule has 2 rings (SSSR count). The van der Waals surface area contributed by atoms with E-state index in [9.17, 15) is 0 Å². The fraction of sp³-hybridized carbons (Fsp3) is 0.231. The Morgan fingerprint density at radius 3 is 2.84 bits per heavy atom. The molecule has 4 nitrogen and oxygen atoms in total. The summed E-state index contributed by atoms with van der Waals surface area (Å²) < 4.78 is 5.55. The zero-order chi connectivity index (χ0) is 13.7. The number of ether oxygens (including phenoxy) is 1. The lowest BCUT2D eigenvalue weighted by molar-refractivity contribution is 0.342. The molecule has 0 saturated heterocycles. The smallest absolute Gasteiger partial charge is 0.190 e. The summed E-state index contributed by atoms with van der Waals surface area (Å²) in [6.45, 7) is 2.56. The number of halogens is 1. The number of hydrogen-bond acceptors (Lipinski definition) is 5. The second-order valence-electron chi connectivity index (χ2n) is 3.62. The minimum Gasteiger partial charge on any atom is -0.492 e. The number of hydrogen-bond donors (Lipinski definition) is 1. The van der Waals surface area contributed by atoms with Crippen molar-refractivity contribution < 1.29 is 4.74 Å². The average Bonchev–Trinajstić information content (AvgIpc) is 2.40. The minimum atomic E-state index is 0.413. The summed E-state index contributed by atoms with van der Waals surface area (Å²) in [4.78, 5) is 8.45. The summed E-state index contributed by atoms with van der Waals surface area (Å²) in [6, 6.07) is 9.38. The number of nitrogens with zero attached hydrogens (tertiary/aromatic N) is 2. The van der Waals surface area contributed by atoms with Crippen LogP contribution in [0.15, 0.2) is 35.5 Å². The summed E-state index contributed by atoms with van der Waals surface area (Å²) >= 11 is 7.40. The van der Waals surface area contributed by atoms with Crippen molar-refractivity contribution in [3.05, 3.63) is 35.5 Å². The molecule has 19 heavy (non-hydrogen) atoms. The van der Waals surface area contributed by atoms with Crippen molar-refractivity contribution in [2.45, 2.75) is 12.1 Å². The van der Waals surface area contributed by atoms with Crippen molar-refractivity contribution in [2.24, 2.45) is 0 Å². The lowest BCUT2D eigenvalue weighted by Gasteiger charge is -2.12. The zero-order valence-electron chi connectivity index (χ0n) is 10.7. The molecule has 0 amide bonds. The van der Waals surface area contributed by atoms with Gasteiger partial charge in [0.15, 0.2) is 5.16 Å².